The van der Waals surface area contributed by atoms with Crippen LogP contribution in [-0.4, -0.2) is 16.1 Å². The lowest BCUT2D eigenvalue weighted by atomic mass is 10.2. The van der Waals surface area contributed by atoms with Gasteiger partial charge in [0.05, 0.1) is 5.56 Å². The molecule has 2 aromatic rings. The molecule has 1 aliphatic rings. The molecule has 0 amide bonds. The number of aromatic nitrogens is 2. The third-order valence-electron chi connectivity index (χ3n) is 3.04. The molecule has 2 heterocycles. The normalized spacial score (nSPS) is 13.6. The molecular weight excluding hydrogens is 231 g/mol. The first-order valence-corrected chi connectivity index (χ1v) is 5.80. The number of hydrogen-bond acceptors (Lipinski definition) is 3. The fourth-order valence-electron chi connectivity index (χ4n) is 2.22. The zero-order valence-electron chi connectivity index (χ0n) is 9.65. The van der Waals surface area contributed by atoms with E-state index in [2.05, 4.69) is 10.3 Å². The van der Waals surface area contributed by atoms with Crippen molar-refractivity contribution in [2.24, 2.45) is 0 Å². The predicted octanol–water partition coefficient (Wildman–Crippen LogP) is 2.38. The maximum Gasteiger partial charge on any atom is 0.183 e. The van der Waals surface area contributed by atoms with Crippen LogP contribution in [0.5, 0.6) is 0 Å². The summed E-state index contributed by atoms with van der Waals surface area (Å²) in [5.74, 6) is 0.897. The highest BCUT2D eigenvalue weighted by atomic mass is 19.1. The molecule has 0 spiro atoms. The van der Waals surface area contributed by atoms with Crippen LogP contribution in [0.1, 0.15) is 12.1 Å². The van der Waals surface area contributed by atoms with E-state index in [0.717, 1.165) is 19.5 Å². The van der Waals surface area contributed by atoms with Gasteiger partial charge in [-0.3, -0.25) is 0 Å². The summed E-state index contributed by atoms with van der Waals surface area (Å²) in [6.45, 7) is 1.57. The molecule has 3 rings (SSSR count). The fraction of sp³-hybridized carbons (Fsp3) is 0.231. The maximum atomic E-state index is 13.8. The van der Waals surface area contributed by atoms with Crippen molar-refractivity contribution in [1.82, 2.24) is 9.55 Å². The van der Waals surface area contributed by atoms with Gasteiger partial charge in [-0.15, -0.1) is 0 Å². The number of nitrogens with zero attached hydrogens (tertiary/aromatic N) is 3. The van der Waals surface area contributed by atoms with Crippen molar-refractivity contribution in [1.29, 1.82) is 5.26 Å². The zero-order valence-corrected chi connectivity index (χ0v) is 9.65. The second-order valence-corrected chi connectivity index (χ2v) is 4.16. The van der Waals surface area contributed by atoms with Crippen molar-refractivity contribution in [3.05, 3.63) is 35.8 Å². The summed E-state index contributed by atoms with van der Waals surface area (Å²) in [6.07, 6.45) is 0.940. The van der Waals surface area contributed by atoms with Crippen LogP contribution >= 0.6 is 0 Å². The summed E-state index contributed by atoms with van der Waals surface area (Å²) in [5, 5.41) is 12.2. The molecule has 1 aromatic heterocycles. The molecule has 0 atom stereocenters. The summed E-state index contributed by atoms with van der Waals surface area (Å²) in [6, 6.07) is 8.54. The topological polar surface area (TPSA) is 53.6 Å². The Morgan fingerprint density at radius 2 is 2.22 bits per heavy atom. The van der Waals surface area contributed by atoms with Crippen molar-refractivity contribution in [2.45, 2.75) is 13.0 Å². The summed E-state index contributed by atoms with van der Waals surface area (Å²) < 4.78 is 15.7. The highest BCUT2D eigenvalue weighted by Gasteiger charge is 2.21. The number of fused-ring (bicyclic) bond motifs is 1. The maximum absolute atomic E-state index is 13.8. The Kier molecular flexibility index (Phi) is 2.49. The Bertz CT molecular complexity index is 639. The van der Waals surface area contributed by atoms with Crippen LogP contribution in [0.3, 0.4) is 0 Å². The van der Waals surface area contributed by atoms with E-state index in [4.69, 9.17) is 5.26 Å². The second kappa shape index (κ2) is 4.15. The molecule has 1 aliphatic heterocycles. The third-order valence-corrected chi connectivity index (χ3v) is 3.04. The first-order valence-electron chi connectivity index (χ1n) is 5.80. The number of nitrogens with one attached hydrogen (secondary N) is 1. The van der Waals surface area contributed by atoms with Gasteiger partial charge < -0.3 is 9.88 Å². The molecule has 90 valence electrons. The number of hydrogen-bond donors (Lipinski definition) is 1. The van der Waals surface area contributed by atoms with Gasteiger partial charge in [0.25, 0.3) is 0 Å². The van der Waals surface area contributed by atoms with Crippen molar-refractivity contribution in [2.75, 3.05) is 11.9 Å². The first kappa shape index (κ1) is 10.8. The number of imidazole rings is 1. The Morgan fingerprint density at radius 1 is 1.39 bits per heavy atom. The minimum Gasteiger partial charge on any atom is -0.369 e. The van der Waals surface area contributed by atoms with E-state index in [0.29, 0.717) is 22.9 Å². The molecular formula is C13H11FN4. The lowest BCUT2D eigenvalue weighted by Crippen LogP contribution is -2.18. The Morgan fingerprint density at radius 3 is 3.00 bits per heavy atom. The first-order chi connectivity index (χ1) is 8.81. The van der Waals surface area contributed by atoms with E-state index in [-0.39, 0.29) is 5.82 Å². The van der Waals surface area contributed by atoms with Crippen molar-refractivity contribution >= 4 is 5.82 Å². The van der Waals surface area contributed by atoms with E-state index in [9.17, 15) is 4.39 Å². The van der Waals surface area contributed by atoms with Crippen LogP contribution in [0.4, 0.5) is 10.2 Å². The van der Waals surface area contributed by atoms with Gasteiger partial charge in [-0.2, -0.15) is 5.26 Å². The van der Waals surface area contributed by atoms with Crippen LogP contribution in [0.25, 0.3) is 11.4 Å². The highest BCUT2D eigenvalue weighted by molar-refractivity contribution is 5.64. The second-order valence-electron chi connectivity index (χ2n) is 4.16. The van der Waals surface area contributed by atoms with Gasteiger partial charge in [0.2, 0.25) is 0 Å². The number of halogens is 1. The minimum atomic E-state index is -0.319. The van der Waals surface area contributed by atoms with Gasteiger partial charge in [0.15, 0.2) is 5.69 Å². The van der Waals surface area contributed by atoms with Crippen LogP contribution in [-0.2, 0) is 6.54 Å². The van der Waals surface area contributed by atoms with Gasteiger partial charge in [-0.1, -0.05) is 12.1 Å². The fourth-order valence-corrected chi connectivity index (χ4v) is 2.22. The van der Waals surface area contributed by atoms with E-state index in [1.165, 1.54) is 6.07 Å². The minimum absolute atomic E-state index is 0.319. The molecule has 0 aliphatic carbocycles. The monoisotopic (exact) mass is 242 g/mol. The van der Waals surface area contributed by atoms with Gasteiger partial charge in [0.1, 0.15) is 23.5 Å². The number of nitriles is 1. The summed E-state index contributed by atoms with van der Waals surface area (Å²) in [5.41, 5.74) is 0.761. The van der Waals surface area contributed by atoms with Crippen LogP contribution in [0.15, 0.2) is 24.3 Å². The Balaban J connectivity index is 2.22. The Labute approximate surface area is 104 Å². The molecule has 18 heavy (non-hydrogen) atoms. The molecule has 0 saturated heterocycles. The van der Waals surface area contributed by atoms with E-state index < -0.39 is 0 Å². The molecule has 0 saturated carbocycles. The van der Waals surface area contributed by atoms with Gasteiger partial charge in [0, 0.05) is 13.1 Å². The van der Waals surface area contributed by atoms with E-state index in [1.54, 1.807) is 18.2 Å². The zero-order chi connectivity index (χ0) is 12.5. The number of rotatable bonds is 1. The quantitative estimate of drug-likeness (QED) is 0.835. The molecule has 4 nitrogen and oxygen atoms in total. The molecule has 1 N–H and O–H groups in total. The lowest BCUT2D eigenvalue weighted by Gasteiger charge is -2.18. The third kappa shape index (κ3) is 1.54. The highest BCUT2D eigenvalue weighted by Crippen LogP contribution is 2.29. The lowest BCUT2D eigenvalue weighted by molar-refractivity contribution is 0.614. The van der Waals surface area contributed by atoms with Gasteiger partial charge >= 0.3 is 0 Å². The molecule has 0 radical (unpaired) electrons. The number of benzene rings is 1. The van der Waals surface area contributed by atoms with E-state index in [1.807, 2.05) is 10.6 Å². The predicted molar refractivity (Wildman–Crippen MR) is 65.4 cm³/mol. The standard InChI is InChI=1S/C13H11FN4/c14-10-5-2-1-4-9(10)12-17-11(8-15)13-16-6-3-7-18(12)13/h1-2,4-5,16H,3,6-7H2. The van der Waals surface area contributed by atoms with Gasteiger partial charge in [-0.25, -0.2) is 9.37 Å². The van der Waals surface area contributed by atoms with Gasteiger partial charge in [-0.05, 0) is 18.6 Å². The summed E-state index contributed by atoms with van der Waals surface area (Å²) in [4.78, 5) is 4.24. The van der Waals surface area contributed by atoms with Crippen LogP contribution in [0.2, 0.25) is 0 Å². The summed E-state index contributed by atoms with van der Waals surface area (Å²) in [7, 11) is 0. The SMILES string of the molecule is N#Cc1nc(-c2ccccc2F)n2c1NCCC2. The molecule has 5 heteroatoms. The number of anilines is 1. The Hall–Kier alpha value is -2.35. The smallest absolute Gasteiger partial charge is 0.183 e. The molecule has 0 fully saturated rings. The molecule has 0 bridgehead atoms. The van der Waals surface area contributed by atoms with E-state index >= 15 is 0 Å². The average Bonchev–Trinajstić information content (AvgIpc) is 2.78. The van der Waals surface area contributed by atoms with Crippen LogP contribution < -0.4 is 5.32 Å². The van der Waals surface area contributed by atoms with Crippen molar-refractivity contribution in [3.63, 3.8) is 0 Å². The largest absolute Gasteiger partial charge is 0.369 e. The molecule has 0 unspecified atom stereocenters. The molecule has 1 aromatic carbocycles. The van der Waals surface area contributed by atoms with Crippen molar-refractivity contribution in [3.8, 4) is 17.5 Å². The van der Waals surface area contributed by atoms with Crippen LogP contribution in [0, 0.1) is 17.1 Å². The summed E-state index contributed by atoms with van der Waals surface area (Å²) >= 11 is 0. The van der Waals surface area contributed by atoms with Crippen molar-refractivity contribution < 1.29 is 4.39 Å². The average molecular weight is 242 g/mol.